The van der Waals surface area contributed by atoms with Gasteiger partial charge in [-0.3, -0.25) is 9.59 Å². The molecule has 1 aromatic heterocycles. The summed E-state index contributed by atoms with van der Waals surface area (Å²) in [4.78, 5) is 37.1. The predicted molar refractivity (Wildman–Crippen MR) is 109 cm³/mol. The van der Waals surface area contributed by atoms with Crippen molar-refractivity contribution in [1.82, 2.24) is 16.0 Å². The number of carbonyl (C=O) groups excluding carboxylic acids is 3. The van der Waals surface area contributed by atoms with Crippen LogP contribution in [0, 0.1) is 5.92 Å². The lowest BCUT2D eigenvalue weighted by molar-refractivity contribution is -0.119. The second-order valence-electron chi connectivity index (χ2n) is 8.18. The molecule has 1 saturated carbocycles. The molecule has 1 aliphatic carbocycles. The van der Waals surface area contributed by atoms with Gasteiger partial charge in [0.1, 0.15) is 5.60 Å². The third kappa shape index (κ3) is 7.50. The van der Waals surface area contributed by atoms with Crippen LogP contribution >= 0.6 is 11.3 Å². The molecule has 1 aromatic rings. The zero-order valence-corrected chi connectivity index (χ0v) is 17.9. The van der Waals surface area contributed by atoms with Gasteiger partial charge < -0.3 is 20.7 Å². The summed E-state index contributed by atoms with van der Waals surface area (Å²) >= 11 is 1.38. The molecule has 2 atom stereocenters. The van der Waals surface area contributed by atoms with Gasteiger partial charge in [-0.05, 0) is 51.7 Å². The fraction of sp³-hybridized carbons (Fsp3) is 0.650. The lowest BCUT2D eigenvalue weighted by Crippen LogP contribution is -2.46. The van der Waals surface area contributed by atoms with Crippen LogP contribution < -0.4 is 16.0 Å². The number of rotatable bonds is 6. The van der Waals surface area contributed by atoms with Crippen molar-refractivity contribution in [2.75, 3.05) is 6.54 Å². The van der Waals surface area contributed by atoms with E-state index in [2.05, 4.69) is 16.0 Å². The van der Waals surface area contributed by atoms with E-state index in [1.807, 2.05) is 26.8 Å². The number of alkyl carbamates (subject to hydrolysis) is 1. The lowest BCUT2D eigenvalue weighted by Gasteiger charge is -2.32. The Hall–Kier alpha value is -2.09. The summed E-state index contributed by atoms with van der Waals surface area (Å²) in [5.41, 5.74) is -0.529. The first-order valence-corrected chi connectivity index (χ1v) is 10.6. The average Bonchev–Trinajstić information content (AvgIpc) is 3.07. The Kier molecular flexibility index (Phi) is 7.86. The highest BCUT2D eigenvalue weighted by molar-refractivity contribution is 7.14. The third-order valence-electron chi connectivity index (χ3n) is 4.53. The standard InChI is InChI=1S/C20H31N3O4S/c1-13(24)21-12-15-9-10-17(28-15)18(25)23-16-8-6-5-7-14(16)11-22-19(26)27-20(2,3)4/h9-10,14,16H,5-8,11-12H2,1-4H3,(H,21,24)(H,22,26)(H,23,25)/t14-,16-/m1/s1. The smallest absolute Gasteiger partial charge is 0.407 e. The number of carbonyl (C=O) groups is 3. The number of nitrogens with one attached hydrogen (secondary N) is 3. The first kappa shape index (κ1) is 22.2. The van der Waals surface area contributed by atoms with Gasteiger partial charge in [0.25, 0.3) is 5.91 Å². The van der Waals surface area contributed by atoms with Crippen molar-refractivity contribution in [3.8, 4) is 0 Å². The molecule has 3 N–H and O–H groups in total. The fourth-order valence-corrected chi connectivity index (χ4v) is 4.07. The average molecular weight is 410 g/mol. The van der Waals surface area contributed by atoms with E-state index >= 15 is 0 Å². The fourth-order valence-electron chi connectivity index (χ4n) is 3.22. The molecular weight excluding hydrogens is 378 g/mol. The summed E-state index contributed by atoms with van der Waals surface area (Å²) in [7, 11) is 0. The Bertz CT molecular complexity index is 696. The van der Waals surface area contributed by atoms with Gasteiger partial charge in [0.2, 0.25) is 5.91 Å². The van der Waals surface area contributed by atoms with Crippen LogP contribution in [0.15, 0.2) is 12.1 Å². The van der Waals surface area contributed by atoms with Crippen molar-refractivity contribution in [2.45, 2.75) is 71.6 Å². The Balaban J connectivity index is 1.88. The second-order valence-corrected chi connectivity index (χ2v) is 9.35. The Morgan fingerprint density at radius 2 is 1.86 bits per heavy atom. The molecule has 1 heterocycles. The van der Waals surface area contributed by atoms with E-state index in [-0.39, 0.29) is 23.8 Å². The molecule has 0 bridgehead atoms. The van der Waals surface area contributed by atoms with E-state index in [0.717, 1.165) is 30.6 Å². The van der Waals surface area contributed by atoms with Crippen LogP contribution in [0.2, 0.25) is 0 Å². The third-order valence-corrected chi connectivity index (χ3v) is 5.61. The van der Waals surface area contributed by atoms with E-state index in [4.69, 9.17) is 4.74 Å². The highest BCUT2D eigenvalue weighted by Crippen LogP contribution is 2.25. The summed E-state index contributed by atoms with van der Waals surface area (Å²) < 4.78 is 5.29. The van der Waals surface area contributed by atoms with Crippen LogP contribution in [0.4, 0.5) is 4.79 Å². The maximum atomic E-state index is 12.6. The molecule has 28 heavy (non-hydrogen) atoms. The molecule has 0 spiro atoms. The molecule has 156 valence electrons. The normalized spacial score (nSPS) is 19.6. The van der Waals surface area contributed by atoms with Crippen molar-refractivity contribution >= 4 is 29.2 Å². The summed E-state index contributed by atoms with van der Waals surface area (Å²) in [5.74, 6) is -0.0146. The van der Waals surface area contributed by atoms with Gasteiger partial charge in [-0.15, -0.1) is 11.3 Å². The minimum Gasteiger partial charge on any atom is -0.444 e. The van der Waals surface area contributed by atoms with E-state index < -0.39 is 11.7 Å². The number of ether oxygens (including phenoxy) is 1. The topological polar surface area (TPSA) is 96.5 Å². The highest BCUT2D eigenvalue weighted by Gasteiger charge is 2.28. The summed E-state index contributed by atoms with van der Waals surface area (Å²) in [5, 5.41) is 8.69. The molecule has 3 amide bonds. The molecule has 8 heteroatoms. The zero-order chi connectivity index (χ0) is 20.7. The van der Waals surface area contributed by atoms with Crippen LogP contribution in [0.1, 0.15) is 67.9 Å². The maximum absolute atomic E-state index is 12.6. The minimum absolute atomic E-state index is 0.0251. The first-order chi connectivity index (χ1) is 13.1. The molecule has 7 nitrogen and oxygen atoms in total. The number of thiophene rings is 1. The van der Waals surface area contributed by atoms with Gasteiger partial charge in [0.15, 0.2) is 0 Å². The van der Waals surface area contributed by atoms with Crippen LogP contribution in [-0.4, -0.2) is 36.1 Å². The largest absolute Gasteiger partial charge is 0.444 e. The van der Waals surface area contributed by atoms with Gasteiger partial charge in [-0.25, -0.2) is 4.79 Å². The predicted octanol–water partition coefficient (Wildman–Crippen LogP) is 3.20. The minimum atomic E-state index is -0.529. The van der Waals surface area contributed by atoms with Crippen LogP contribution in [0.25, 0.3) is 0 Å². The Morgan fingerprint density at radius 1 is 1.14 bits per heavy atom. The quantitative estimate of drug-likeness (QED) is 0.672. The molecule has 2 rings (SSSR count). The summed E-state index contributed by atoms with van der Waals surface area (Å²) in [6.07, 6.45) is 3.58. The molecule has 0 aromatic carbocycles. The number of hydrogen-bond donors (Lipinski definition) is 3. The number of hydrogen-bond acceptors (Lipinski definition) is 5. The van der Waals surface area contributed by atoms with Gasteiger partial charge in [-0.1, -0.05) is 12.8 Å². The van der Waals surface area contributed by atoms with Crippen LogP contribution in [-0.2, 0) is 16.1 Å². The van der Waals surface area contributed by atoms with E-state index in [1.165, 1.54) is 18.3 Å². The van der Waals surface area contributed by atoms with Crippen molar-refractivity contribution < 1.29 is 19.1 Å². The van der Waals surface area contributed by atoms with Gasteiger partial charge >= 0.3 is 6.09 Å². The Labute approximate surface area is 170 Å². The van der Waals surface area contributed by atoms with Crippen molar-refractivity contribution in [3.63, 3.8) is 0 Å². The monoisotopic (exact) mass is 409 g/mol. The van der Waals surface area contributed by atoms with Gasteiger partial charge in [-0.2, -0.15) is 0 Å². The summed E-state index contributed by atoms with van der Waals surface area (Å²) in [6.45, 7) is 7.87. The second kappa shape index (κ2) is 9.91. The van der Waals surface area contributed by atoms with Crippen LogP contribution in [0.5, 0.6) is 0 Å². The van der Waals surface area contributed by atoms with E-state index in [1.54, 1.807) is 6.07 Å². The van der Waals surface area contributed by atoms with Crippen molar-refractivity contribution in [1.29, 1.82) is 0 Å². The molecule has 1 aliphatic rings. The Morgan fingerprint density at radius 3 is 2.54 bits per heavy atom. The van der Waals surface area contributed by atoms with Gasteiger partial charge in [0, 0.05) is 24.4 Å². The number of amides is 3. The molecule has 0 saturated heterocycles. The van der Waals surface area contributed by atoms with Crippen molar-refractivity contribution in [3.05, 3.63) is 21.9 Å². The molecular formula is C20H31N3O4S. The van der Waals surface area contributed by atoms with E-state index in [0.29, 0.717) is 18.0 Å². The lowest BCUT2D eigenvalue weighted by atomic mass is 9.84. The van der Waals surface area contributed by atoms with Crippen molar-refractivity contribution in [2.24, 2.45) is 5.92 Å². The highest BCUT2D eigenvalue weighted by atomic mass is 32.1. The first-order valence-electron chi connectivity index (χ1n) is 9.75. The van der Waals surface area contributed by atoms with E-state index in [9.17, 15) is 14.4 Å². The van der Waals surface area contributed by atoms with Gasteiger partial charge in [0.05, 0.1) is 11.4 Å². The molecule has 1 fully saturated rings. The molecule has 0 radical (unpaired) electrons. The summed E-state index contributed by atoms with van der Waals surface area (Å²) in [6, 6.07) is 3.67. The maximum Gasteiger partial charge on any atom is 0.407 e. The molecule has 0 aliphatic heterocycles. The molecule has 0 unspecified atom stereocenters. The zero-order valence-electron chi connectivity index (χ0n) is 17.1. The van der Waals surface area contributed by atoms with Crippen LogP contribution in [0.3, 0.4) is 0 Å². The SMILES string of the molecule is CC(=O)NCc1ccc(C(=O)N[C@@H]2CCCC[C@@H]2CNC(=O)OC(C)(C)C)s1.